The highest BCUT2D eigenvalue weighted by Gasteiger charge is 2.19. The standard InChI is InChI=1S/C9H17NO/c1-3-9(11)7-10-5-4-8(2)6-10/h8H,3-7H2,1-2H3. The van der Waals surface area contributed by atoms with E-state index < -0.39 is 0 Å². The highest BCUT2D eigenvalue weighted by Crippen LogP contribution is 2.14. The van der Waals surface area contributed by atoms with Gasteiger partial charge in [0.2, 0.25) is 0 Å². The van der Waals surface area contributed by atoms with Crippen LogP contribution < -0.4 is 0 Å². The minimum atomic E-state index is 0.374. The fourth-order valence-electron chi connectivity index (χ4n) is 1.53. The highest BCUT2D eigenvalue weighted by molar-refractivity contribution is 5.80. The molecule has 0 aromatic rings. The average molecular weight is 155 g/mol. The predicted octanol–water partition coefficient (Wildman–Crippen LogP) is 1.31. The van der Waals surface area contributed by atoms with E-state index in [-0.39, 0.29) is 0 Å². The molecule has 0 bridgehead atoms. The van der Waals surface area contributed by atoms with Crippen molar-refractivity contribution in [1.29, 1.82) is 0 Å². The van der Waals surface area contributed by atoms with Crippen LogP contribution in [0.4, 0.5) is 0 Å². The van der Waals surface area contributed by atoms with Gasteiger partial charge in [-0.25, -0.2) is 0 Å². The second-order valence-corrected chi connectivity index (χ2v) is 3.52. The van der Waals surface area contributed by atoms with Crippen LogP contribution >= 0.6 is 0 Å². The molecule has 1 fully saturated rings. The summed E-state index contributed by atoms with van der Waals surface area (Å²) in [5.74, 6) is 1.17. The third-order valence-electron chi connectivity index (χ3n) is 2.30. The van der Waals surface area contributed by atoms with Gasteiger partial charge >= 0.3 is 0 Å². The van der Waals surface area contributed by atoms with Crippen LogP contribution in [0.15, 0.2) is 0 Å². The summed E-state index contributed by atoms with van der Waals surface area (Å²) >= 11 is 0. The summed E-state index contributed by atoms with van der Waals surface area (Å²) < 4.78 is 0. The number of carbonyl (C=O) groups is 1. The van der Waals surface area contributed by atoms with E-state index >= 15 is 0 Å². The largest absolute Gasteiger partial charge is 0.298 e. The number of hydrogen-bond donors (Lipinski definition) is 0. The number of carbonyl (C=O) groups excluding carboxylic acids is 1. The second kappa shape index (κ2) is 3.86. The fraction of sp³-hybridized carbons (Fsp3) is 0.889. The van der Waals surface area contributed by atoms with Crippen LogP contribution in [0, 0.1) is 5.92 Å². The molecule has 0 aromatic carbocycles. The molecule has 1 aliphatic heterocycles. The first-order valence-corrected chi connectivity index (χ1v) is 4.46. The van der Waals surface area contributed by atoms with E-state index in [0.717, 1.165) is 19.0 Å². The molecule has 1 rings (SSSR count). The lowest BCUT2D eigenvalue weighted by Gasteiger charge is -2.12. The number of Topliss-reactive ketones (excluding diaryl/α,β-unsaturated/α-hetero) is 1. The monoisotopic (exact) mass is 155 g/mol. The van der Waals surface area contributed by atoms with E-state index in [1.807, 2.05) is 6.92 Å². The minimum absolute atomic E-state index is 0.374. The Bertz CT molecular complexity index is 144. The summed E-state index contributed by atoms with van der Waals surface area (Å²) in [6.07, 6.45) is 1.95. The van der Waals surface area contributed by atoms with Gasteiger partial charge in [-0.05, 0) is 18.9 Å². The van der Waals surface area contributed by atoms with Gasteiger partial charge in [-0.1, -0.05) is 13.8 Å². The van der Waals surface area contributed by atoms with Gasteiger partial charge in [-0.2, -0.15) is 0 Å². The van der Waals surface area contributed by atoms with E-state index in [1.165, 1.54) is 6.42 Å². The number of rotatable bonds is 3. The second-order valence-electron chi connectivity index (χ2n) is 3.52. The molecular formula is C9H17NO. The van der Waals surface area contributed by atoms with Crippen molar-refractivity contribution in [2.75, 3.05) is 19.6 Å². The van der Waals surface area contributed by atoms with Gasteiger partial charge in [0.05, 0.1) is 6.54 Å². The number of nitrogens with zero attached hydrogens (tertiary/aromatic N) is 1. The molecule has 0 radical (unpaired) electrons. The molecule has 1 atom stereocenters. The van der Waals surface area contributed by atoms with E-state index in [1.54, 1.807) is 0 Å². The van der Waals surface area contributed by atoms with Crippen LogP contribution in [-0.2, 0) is 4.79 Å². The van der Waals surface area contributed by atoms with Crippen molar-refractivity contribution in [1.82, 2.24) is 4.90 Å². The Morgan fingerprint density at radius 1 is 1.64 bits per heavy atom. The van der Waals surface area contributed by atoms with Crippen LogP contribution in [0.3, 0.4) is 0 Å². The molecule has 64 valence electrons. The quantitative estimate of drug-likeness (QED) is 0.612. The molecule has 2 heteroatoms. The zero-order valence-corrected chi connectivity index (χ0v) is 7.47. The summed E-state index contributed by atoms with van der Waals surface area (Å²) in [6, 6.07) is 0. The minimum Gasteiger partial charge on any atom is -0.298 e. The van der Waals surface area contributed by atoms with Crippen LogP contribution in [0.2, 0.25) is 0 Å². The lowest BCUT2D eigenvalue weighted by atomic mass is 10.2. The van der Waals surface area contributed by atoms with Gasteiger partial charge in [-0.15, -0.1) is 0 Å². The molecule has 0 aromatic heterocycles. The fourth-order valence-corrected chi connectivity index (χ4v) is 1.53. The maximum absolute atomic E-state index is 11.0. The van der Waals surface area contributed by atoms with Crippen molar-refractivity contribution in [3.05, 3.63) is 0 Å². The highest BCUT2D eigenvalue weighted by atomic mass is 16.1. The smallest absolute Gasteiger partial charge is 0.146 e. The Kier molecular flexibility index (Phi) is 3.06. The molecule has 1 unspecified atom stereocenters. The zero-order chi connectivity index (χ0) is 8.27. The Morgan fingerprint density at radius 2 is 2.36 bits per heavy atom. The molecule has 0 spiro atoms. The summed E-state index contributed by atoms with van der Waals surface area (Å²) in [6.45, 7) is 7.09. The van der Waals surface area contributed by atoms with Crippen molar-refractivity contribution in [2.24, 2.45) is 5.92 Å². The molecule has 11 heavy (non-hydrogen) atoms. The number of hydrogen-bond acceptors (Lipinski definition) is 2. The van der Waals surface area contributed by atoms with Crippen molar-refractivity contribution in [3.63, 3.8) is 0 Å². The number of likely N-dealkylation sites (tertiary alicyclic amines) is 1. The third-order valence-corrected chi connectivity index (χ3v) is 2.30. The van der Waals surface area contributed by atoms with E-state index in [2.05, 4.69) is 11.8 Å². The topological polar surface area (TPSA) is 20.3 Å². The molecule has 1 aliphatic rings. The molecule has 0 aliphatic carbocycles. The predicted molar refractivity (Wildman–Crippen MR) is 45.5 cm³/mol. The SMILES string of the molecule is CCC(=O)CN1CCC(C)C1. The van der Waals surface area contributed by atoms with Crippen molar-refractivity contribution >= 4 is 5.78 Å². The molecule has 0 amide bonds. The molecular weight excluding hydrogens is 138 g/mol. The van der Waals surface area contributed by atoms with Gasteiger partial charge < -0.3 is 0 Å². The Morgan fingerprint density at radius 3 is 2.82 bits per heavy atom. The third kappa shape index (κ3) is 2.62. The van der Waals surface area contributed by atoms with Gasteiger partial charge in [0, 0.05) is 13.0 Å². The zero-order valence-electron chi connectivity index (χ0n) is 7.47. The first-order valence-electron chi connectivity index (χ1n) is 4.46. The van der Waals surface area contributed by atoms with E-state index in [4.69, 9.17) is 0 Å². The van der Waals surface area contributed by atoms with Gasteiger partial charge in [0.1, 0.15) is 5.78 Å². The average Bonchev–Trinajstić information content (AvgIpc) is 2.35. The van der Waals surface area contributed by atoms with Crippen LogP contribution in [0.25, 0.3) is 0 Å². The first-order chi connectivity index (χ1) is 5.22. The van der Waals surface area contributed by atoms with Gasteiger partial charge in [0.15, 0.2) is 0 Å². The normalized spacial score (nSPS) is 25.8. The molecule has 1 saturated heterocycles. The number of ketones is 1. The molecule has 0 N–H and O–H groups in total. The van der Waals surface area contributed by atoms with Crippen molar-refractivity contribution < 1.29 is 4.79 Å². The van der Waals surface area contributed by atoms with Crippen LogP contribution in [0.1, 0.15) is 26.7 Å². The maximum atomic E-state index is 11.0. The van der Waals surface area contributed by atoms with Crippen LogP contribution in [-0.4, -0.2) is 30.3 Å². The van der Waals surface area contributed by atoms with Crippen molar-refractivity contribution in [2.45, 2.75) is 26.7 Å². The Hall–Kier alpha value is -0.370. The van der Waals surface area contributed by atoms with Crippen molar-refractivity contribution in [3.8, 4) is 0 Å². The first kappa shape index (κ1) is 8.72. The molecule has 1 heterocycles. The lowest BCUT2D eigenvalue weighted by molar-refractivity contribution is -0.119. The molecule has 2 nitrogen and oxygen atoms in total. The van der Waals surface area contributed by atoms with E-state index in [0.29, 0.717) is 18.7 Å². The molecule has 0 saturated carbocycles. The summed E-state index contributed by atoms with van der Waals surface area (Å²) in [4.78, 5) is 13.3. The maximum Gasteiger partial charge on any atom is 0.146 e. The van der Waals surface area contributed by atoms with Gasteiger partial charge in [-0.3, -0.25) is 9.69 Å². The Labute approximate surface area is 68.6 Å². The summed E-state index contributed by atoms with van der Waals surface area (Å²) in [5.41, 5.74) is 0. The Balaban J connectivity index is 2.23. The summed E-state index contributed by atoms with van der Waals surface area (Å²) in [5, 5.41) is 0. The van der Waals surface area contributed by atoms with Gasteiger partial charge in [0.25, 0.3) is 0 Å². The lowest BCUT2D eigenvalue weighted by Crippen LogP contribution is -2.27. The summed E-state index contributed by atoms with van der Waals surface area (Å²) in [7, 11) is 0. The van der Waals surface area contributed by atoms with E-state index in [9.17, 15) is 4.79 Å². The van der Waals surface area contributed by atoms with Crippen LogP contribution in [0.5, 0.6) is 0 Å².